The van der Waals surface area contributed by atoms with E-state index in [0.717, 1.165) is 29.5 Å². The predicted molar refractivity (Wildman–Crippen MR) is 58.0 cm³/mol. The number of benzene rings is 1. The second-order valence-electron chi connectivity index (χ2n) is 3.61. The zero-order chi connectivity index (χ0) is 10.9. The standard InChI is InChI=1S/C12H18O2/c1-5-9-7(3)10(6-2)12(14)8(4)11(9)13/h13-14H,5-6H2,1-4H3. The first-order valence-corrected chi connectivity index (χ1v) is 5.07. The van der Waals surface area contributed by atoms with E-state index < -0.39 is 0 Å². The second kappa shape index (κ2) is 3.91. The van der Waals surface area contributed by atoms with Crippen molar-refractivity contribution in [3.8, 4) is 11.5 Å². The van der Waals surface area contributed by atoms with Crippen LogP contribution in [0.15, 0.2) is 0 Å². The molecular weight excluding hydrogens is 176 g/mol. The summed E-state index contributed by atoms with van der Waals surface area (Å²) in [4.78, 5) is 0. The first-order valence-electron chi connectivity index (χ1n) is 5.07. The van der Waals surface area contributed by atoms with Gasteiger partial charge in [0, 0.05) is 5.56 Å². The van der Waals surface area contributed by atoms with E-state index in [1.54, 1.807) is 6.92 Å². The van der Waals surface area contributed by atoms with Crippen LogP contribution in [-0.2, 0) is 12.8 Å². The van der Waals surface area contributed by atoms with Crippen LogP contribution in [-0.4, -0.2) is 10.2 Å². The highest BCUT2D eigenvalue weighted by Gasteiger charge is 2.15. The van der Waals surface area contributed by atoms with Crippen molar-refractivity contribution in [3.63, 3.8) is 0 Å². The fourth-order valence-corrected chi connectivity index (χ4v) is 1.97. The average Bonchev–Trinajstić information content (AvgIpc) is 2.16. The van der Waals surface area contributed by atoms with Crippen molar-refractivity contribution in [2.24, 2.45) is 0 Å². The average molecular weight is 194 g/mol. The van der Waals surface area contributed by atoms with Crippen molar-refractivity contribution in [2.45, 2.75) is 40.5 Å². The van der Waals surface area contributed by atoms with E-state index in [2.05, 4.69) is 0 Å². The Balaban J connectivity index is 3.56. The molecule has 1 aromatic rings. The highest BCUT2D eigenvalue weighted by atomic mass is 16.3. The number of phenolic OH excluding ortho intramolecular Hbond substituents is 2. The predicted octanol–water partition coefficient (Wildman–Crippen LogP) is 2.84. The van der Waals surface area contributed by atoms with Gasteiger partial charge in [-0.25, -0.2) is 0 Å². The lowest BCUT2D eigenvalue weighted by molar-refractivity contribution is 0.434. The van der Waals surface area contributed by atoms with Gasteiger partial charge in [0.05, 0.1) is 0 Å². The van der Waals surface area contributed by atoms with Crippen LogP contribution in [0.5, 0.6) is 11.5 Å². The molecule has 0 atom stereocenters. The largest absolute Gasteiger partial charge is 0.507 e. The first-order chi connectivity index (χ1) is 6.54. The van der Waals surface area contributed by atoms with Crippen molar-refractivity contribution in [1.82, 2.24) is 0 Å². The lowest BCUT2D eigenvalue weighted by Crippen LogP contribution is -1.97. The van der Waals surface area contributed by atoms with Crippen LogP contribution < -0.4 is 0 Å². The van der Waals surface area contributed by atoms with Crippen LogP contribution in [0.3, 0.4) is 0 Å². The Morgan fingerprint density at radius 3 is 1.43 bits per heavy atom. The molecular formula is C12H18O2. The quantitative estimate of drug-likeness (QED) is 0.760. The molecule has 0 amide bonds. The Morgan fingerprint density at radius 1 is 0.786 bits per heavy atom. The maximum absolute atomic E-state index is 9.82. The monoisotopic (exact) mass is 194 g/mol. The summed E-state index contributed by atoms with van der Waals surface area (Å²) in [5, 5.41) is 19.6. The second-order valence-corrected chi connectivity index (χ2v) is 3.61. The number of phenols is 2. The molecule has 0 bridgehead atoms. The number of rotatable bonds is 2. The molecule has 2 heteroatoms. The number of hydrogen-bond acceptors (Lipinski definition) is 2. The Bertz CT molecular complexity index is 323. The summed E-state index contributed by atoms with van der Waals surface area (Å²) in [5.41, 5.74) is 3.54. The van der Waals surface area contributed by atoms with Gasteiger partial charge < -0.3 is 10.2 Å². The molecule has 0 heterocycles. The van der Waals surface area contributed by atoms with Crippen molar-refractivity contribution >= 4 is 0 Å². The van der Waals surface area contributed by atoms with Gasteiger partial charge in [-0.05, 0) is 43.4 Å². The first kappa shape index (κ1) is 10.9. The highest BCUT2D eigenvalue weighted by Crippen LogP contribution is 2.37. The van der Waals surface area contributed by atoms with Crippen LogP contribution in [0.1, 0.15) is 36.1 Å². The summed E-state index contributed by atoms with van der Waals surface area (Å²) in [7, 11) is 0. The van der Waals surface area contributed by atoms with Gasteiger partial charge in [0.1, 0.15) is 11.5 Å². The van der Waals surface area contributed by atoms with E-state index in [0.29, 0.717) is 5.56 Å². The Kier molecular flexibility index (Phi) is 3.04. The fraction of sp³-hybridized carbons (Fsp3) is 0.500. The summed E-state index contributed by atoms with van der Waals surface area (Å²) in [6.45, 7) is 7.73. The van der Waals surface area contributed by atoms with Crippen LogP contribution in [0.25, 0.3) is 0 Å². The minimum Gasteiger partial charge on any atom is -0.507 e. The normalized spacial score (nSPS) is 10.6. The van der Waals surface area contributed by atoms with Gasteiger partial charge in [0.15, 0.2) is 0 Å². The van der Waals surface area contributed by atoms with Gasteiger partial charge >= 0.3 is 0 Å². The summed E-state index contributed by atoms with van der Waals surface area (Å²) in [6.07, 6.45) is 1.59. The van der Waals surface area contributed by atoms with Crippen molar-refractivity contribution < 1.29 is 10.2 Å². The van der Waals surface area contributed by atoms with Crippen molar-refractivity contribution in [3.05, 3.63) is 22.3 Å². The SMILES string of the molecule is CCc1c(C)c(CC)c(O)c(C)c1O. The lowest BCUT2D eigenvalue weighted by atomic mass is 9.93. The maximum atomic E-state index is 9.82. The Morgan fingerprint density at radius 2 is 1.14 bits per heavy atom. The van der Waals surface area contributed by atoms with Gasteiger partial charge in [0.2, 0.25) is 0 Å². The fourth-order valence-electron chi connectivity index (χ4n) is 1.97. The van der Waals surface area contributed by atoms with Gasteiger partial charge in [-0.2, -0.15) is 0 Å². The molecule has 14 heavy (non-hydrogen) atoms. The third-order valence-corrected chi connectivity index (χ3v) is 2.89. The molecule has 78 valence electrons. The molecule has 0 aromatic heterocycles. The molecule has 0 aliphatic carbocycles. The van der Waals surface area contributed by atoms with Crippen molar-refractivity contribution in [2.75, 3.05) is 0 Å². The molecule has 0 radical (unpaired) electrons. The summed E-state index contributed by atoms with van der Waals surface area (Å²) in [6, 6.07) is 0. The van der Waals surface area contributed by atoms with Gasteiger partial charge in [0.25, 0.3) is 0 Å². The van der Waals surface area contributed by atoms with Gasteiger partial charge in [-0.15, -0.1) is 0 Å². The minimum atomic E-state index is 0.250. The molecule has 0 saturated carbocycles. The van der Waals surface area contributed by atoms with Crippen LogP contribution >= 0.6 is 0 Å². The third-order valence-electron chi connectivity index (χ3n) is 2.89. The highest BCUT2D eigenvalue weighted by molar-refractivity contribution is 5.57. The van der Waals surface area contributed by atoms with Crippen LogP contribution in [0.4, 0.5) is 0 Å². The van der Waals surface area contributed by atoms with E-state index in [-0.39, 0.29) is 11.5 Å². The summed E-state index contributed by atoms with van der Waals surface area (Å²) >= 11 is 0. The van der Waals surface area contributed by atoms with Gasteiger partial charge in [-0.3, -0.25) is 0 Å². The molecule has 1 aromatic carbocycles. The van der Waals surface area contributed by atoms with E-state index in [4.69, 9.17) is 0 Å². The van der Waals surface area contributed by atoms with E-state index in [9.17, 15) is 10.2 Å². The van der Waals surface area contributed by atoms with E-state index >= 15 is 0 Å². The molecule has 0 saturated heterocycles. The zero-order valence-electron chi connectivity index (χ0n) is 9.31. The number of aromatic hydroxyl groups is 2. The summed E-state index contributed by atoms with van der Waals surface area (Å²) < 4.78 is 0. The third kappa shape index (κ3) is 1.45. The van der Waals surface area contributed by atoms with Gasteiger partial charge in [-0.1, -0.05) is 13.8 Å². The molecule has 2 nitrogen and oxygen atoms in total. The Hall–Kier alpha value is -1.18. The molecule has 2 N–H and O–H groups in total. The smallest absolute Gasteiger partial charge is 0.125 e. The Labute approximate surface area is 85.2 Å². The molecule has 0 spiro atoms. The summed E-state index contributed by atoms with van der Waals surface area (Å²) in [5.74, 6) is 0.499. The van der Waals surface area contributed by atoms with E-state index in [1.807, 2.05) is 20.8 Å². The maximum Gasteiger partial charge on any atom is 0.125 e. The van der Waals surface area contributed by atoms with Crippen molar-refractivity contribution in [1.29, 1.82) is 0 Å². The van der Waals surface area contributed by atoms with Crippen LogP contribution in [0, 0.1) is 13.8 Å². The van der Waals surface area contributed by atoms with E-state index in [1.165, 1.54) is 0 Å². The molecule has 1 rings (SSSR count). The molecule has 0 aliphatic rings. The topological polar surface area (TPSA) is 40.5 Å². The zero-order valence-corrected chi connectivity index (χ0v) is 9.31. The molecule has 0 aliphatic heterocycles. The number of hydrogen-bond donors (Lipinski definition) is 2. The van der Waals surface area contributed by atoms with Crippen LogP contribution in [0.2, 0.25) is 0 Å². The molecule has 0 fully saturated rings. The minimum absolute atomic E-state index is 0.250. The lowest BCUT2D eigenvalue weighted by Gasteiger charge is -2.16. The molecule has 0 unspecified atom stereocenters.